The number of alkyl halides is 2. The van der Waals surface area contributed by atoms with Crippen molar-refractivity contribution >= 4 is 23.5 Å². The van der Waals surface area contributed by atoms with Crippen molar-refractivity contribution in [3.8, 4) is 17.2 Å². The molecule has 0 aliphatic heterocycles. The molecule has 0 amide bonds. The summed E-state index contributed by atoms with van der Waals surface area (Å²) in [6.45, 7) is -2.93. The molecule has 9 heteroatoms. The zero-order chi connectivity index (χ0) is 22.4. The SMILES string of the molecule is COc1cc(C(=O)/C=C/c2ccc(COc3ccc(F)c(Cl)c3)o2)ccc1OC(F)F. The molecule has 0 unspecified atom stereocenters. The van der Waals surface area contributed by atoms with E-state index in [4.69, 9.17) is 25.5 Å². The Morgan fingerprint density at radius 2 is 1.94 bits per heavy atom. The number of carbonyl (C=O) groups is 1. The van der Waals surface area contributed by atoms with E-state index in [0.29, 0.717) is 17.3 Å². The molecule has 0 spiro atoms. The van der Waals surface area contributed by atoms with Crippen LogP contribution in [0.2, 0.25) is 5.02 Å². The minimum absolute atomic E-state index is 0.0119. The Morgan fingerprint density at radius 3 is 2.65 bits per heavy atom. The molecule has 0 aliphatic carbocycles. The fourth-order valence-corrected chi connectivity index (χ4v) is 2.72. The maximum Gasteiger partial charge on any atom is 0.387 e. The maximum atomic E-state index is 13.2. The van der Waals surface area contributed by atoms with Crippen LogP contribution in [-0.2, 0) is 6.61 Å². The van der Waals surface area contributed by atoms with E-state index < -0.39 is 18.2 Å². The van der Waals surface area contributed by atoms with Gasteiger partial charge in [0.1, 0.15) is 29.7 Å². The van der Waals surface area contributed by atoms with Crippen molar-refractivity contribution in [1.29, 1.82) is 0 Å². The van der Waals surface area contributed by atoms with Crippen LogP contribution in [-0.4, -0.2) is 19.5 Å². The van der Waals surface area contributed by atoms with Crippen LogP contribution in [0.4, 0.5) is 13.2 Å². The van der Waals surface area contributed by atoms with Gasteiger partial charge >= 0.3 is 6.61 Å². The summed E-state index contributed by atoms with van der Waals surface area (Å²) in [6, 6.07) is 11.2. The number of benzene rings is 2. The minimum atomic E-state index is -3.01. The van der Waals surface area contributed by atoms with E-state index in [-0.39, 0.29) is 28.7 Å². The van der Waals surface area contributed by atoms with Crippen LogP contribution in [0.1, 0.15) is 21.9 Å². The third kappa shape index (κ3) is 6.05. The lowest BCUT2D eigenvalue weighted by molar-refractivity contribution is -0.0512. The number of hydrogen-bond acceptors (Lipinski definition) is 5. The minimum Gasteiger partial charge on any atom is -0.493 e. The Labute approximate surface area is 180 Å². The van der Waals surface area contributed by atoms with Crippen molar-refractivity contribution in [2.24, 2.45) is 0 Å². The molecule has 1 heterocycles. The number of halogens is 4. The van der Waals surface area contributed by atoms with Crippen LogP contribution in [0, 0.1) is 5.82 Å². The highest BCUT2D eigenvalue weighted by molar-refractivity contribution is 6.30. The molecule has 0 saturated heterocycles. The third-order valence-electron chi connectivity index (χ3n) is 4.02. The van der Waals surface area contributed by atoms with Crippen molar-refractivity contribution in [3.05, 3.63) is 82.5 Å². The molecule has 0 N–H and O–H groups in total. The number of ketones is 1. The molecule has 5 nitrogen and oxygen atoms in total. The molecular weight excluding hydrogens is 437 g/mol. The van der Waals surface area contributed by atoms with E-state index in [1.807, 2.05) is 0 Å². The van der Waals surface area contributed by atoms with Crippen molar-refractivity contribution in [1.82, 2.24) is 0 Å². The Balaban J connectivity index is 1.62. The molecule has 1 aromatic heterocycles. The van der Waals surface area contributed by atoms with Crippen molar-refractivity contribution in [2.45, 2.75) is 13.2 Å². The fraction of sp³-hybridized carbons (Fsp3) is 0.136. The summed E-state index contributed by atoms with van der Waals surface area (Å²) in [5, 5.41) is -0.0514. The second-order valence-corrected chi connectivity index (χ2v) is 6.52. The van der Waals surface area contributed by atoms with Crippen LogP contribution in [0.5, 0.6) is 17.2 Å². The van der Waals surface area contributed by atoms with Crippen LogP contribution >= 0.6 is 11.6 Å². The molecule has 162 valence electrons. The number of furan rings is 1. The Hall–Kier alpha value is -3.39. The third-order valence-corrected chi connectivity index (χ3v) is 4.31. The van der Waals surface area contributed by atoms with E-state index in [1.165, 1.54) is 55.7 Å². The smallest absolute Gasteiger partial charge is 0.387 e. The van der Waals surface area contributed by atoms with Gasteiger partial charge in [-0.15, -0.1) is 0 Å². The number of ether oxygens (including phenoxy) is 3. The molecule has 0 aliphatic rings. The number of hydrogen-bond donors (Lipinski definition) is 0. The Morgan fingerprint density at radius 1 is 1.13 bits per heavy atom. The van der Waals surface area contributed by atoms with E-state index in [9.17, 15) is 18.0 Å². The van der Waals surface area contributed by atoms with Gasteiger partial charge in [0.05, 0.1) is 12.1 Å². The standard InChI is InChI=1S/C22H16ClF3O5/c1-28-21-10-13(2-9-20(21)31-22(25)26)19(27)8-6-14-3-4-16(30-14)12-29-15-5-7-18(24)17(23)11-15/h2-11,22H,12H2,1H3/b8-6+. The average Bonchev–Trinajstić information content (AvgIpc) is 3.20. The van der Waals surface area contributed by atoms with Crippen LogP contribution in [0.15, 0.2) is 59.0 Å². The van der Waals surface area contributed by atoms with Gasteiger partial charge in [-0.1, -0.05) is 11.6 Å². The normalized spacial score (nSPS) is 11.2. The summed E-state index contributed by atoms with van der Waals surface area (Å²) in [7, 11) is 1.28. The van der Waals surface area contributed by atoms with Gasteiger partial charge in [0.15, 0.2) is 17.3 Å². The van der Waals surface area contributed by atoms with E-state index in [0.717, 1.165) is 0 Å². The lowest BCUT2D eigenvalue weighted by Crippen LogP contribution is -2.04. The highest BCUT2D eigenvalue weighted by Crippen LogP contribution is 2.30. The zero-order valence-corrected chi connectivity index (χ0v) is 16.9. The maximum absolute atomic E-state index is 13.2. The molecule has 2 aromatic carbocycles. The molecule has 0 atom stereocenters. The molecule has 3 rings (SSSR count). The summed E-state index contributed by atoms with van der Waals surface area (Å²) in [6.07, 6.45) is 2.72. The summed E-state index contributed by atoms with van der Waals surface area (Å²) in [5.41, 5.74) is 0.220. The summed E-state index contributed by atoms with van der Waals surface area (Å²) in [5.74, 6) is 0.156. The quantitative estimate of drug-likeness (QED) is 0.287. The lowest BCUT2D eigenvalue weighted by Gasteiger charge is -2.10. The van der Waals surface area contributed by atoms with Gasteiger partial charge in [-0.25, -0.2) is 4.39 Å². The van der Waals surface area contributed by atoms with Crippen molar-refractivity contribution in [2.75, 3.05) is 7.11 Å². The van der Waals surface area contributed by atoms with Gasteiger partial charge in [0.2, 0.25) is 0 Å². The number of methoxy groups -OCH3 is 1. The molecule has 0 saturated carbocycles. The van der Waals surface area contributed by atoms with Crippen LogP contribution in [0.25, 0.3) is 6.08 Å². The highest BCUT2D eigenvalue weighted by Gasteiger charge is 2.13. The van der Waals surface area contributed by atoms with Gasteiger partial charge in [-0.05, 0) is 54.6 Å². The molecular formula is C22H16ClF3O5. The second-order valence-electron chi connectivity index (χ2n) is 6.11. The predicted octanol–water partition coefficient (Wildman–Crippen LogP) is 6.16. The van der Waals surface area contributed by atoms with Gasteiger partial charge in [0.25, 0.3) is 0 Å². The van der Waals surface area contributed by atoms with Gasteiger partial charge in [0, 0.05) is 11.6 Å². The summed E-state index contributed by atoms with van der Waals surface area (Å²) in [4.78, 5) is 12.4. The molecule has 0 bridgehead atoms. The largest absolute Gasteiger partial charge is 0.493 e. The Kier molecular flexibility index (Phi) is 7.25. The average molecular weight is 453 g/mol. The number of allylic oxidation sites excluding steroid dienone is 1. The number of carbonyl (C=O) groups excluding carboxylic acids is 1. The lowest BCUT2D eigenvalue weighted by atomic mass is 10.1. The second kappa shape index (κ2) is 10.1. The van der Waals surface area contributed by atoms with Gasteiger partial charge in [-0.3, -0.25) is 4.79 Å². The predicted molar refractivity (Wildman–Crippen MR) is 107 cm³/mol. The number of rotatable bonds is 9. The molecule has 31 heavy (non-hydrogen) atoms. The molecule has 0 fully saturated rings. The monoisotopic (exact) mass is 452 g/mol. The first-order chi connectivity index (χ1) is 14.9. The zero-order valence-electron chi connectivity index (χ0n) is 16.1. The molecule has 0 radical (unpaired) electrons. The van der Waals surface area contributed by atoms with E-state index in [1.54, 1.807) is 12.1 Å². The highest BCUT2D eigenvalue weighted by atomic mass is 35.5. The van der Waals surface area contributed by atoms with E-state index >= 15 is 0 Å². The van der Waals surface area contributed by atoms with Crippen molar-refractivity contribution < 1.29 is 36.6 Å². The van der Waals surface area contributed by atoms with Crippen LogP contribution in [0.3, 0.4) is 0 Å². The van der Waals surface area contributed by atoms with Gasteiger partial charge in [-0.2, -0.15) is 8.78 Å². The molecule has 3 aromatic rings. The Bertz CT molecular complexity index is 1090. The summed E-state index contributed by atoms with van der Waals surface area (Å²) < 4.78 is 58.3. The van der Waals surface area contributed by atoms with Crippen molar-refractivity contribution in [3.63, 3.8) is 0 Å². The first kappa shape index (κ1) is 22.3. The van der Waals surface area contributed by atoms with Crippen LogP contribution < -0.4 is 14.2 Å². The fourth-order valence-electron chi connectivity index (χ4n) is 2.55. The summed E-state index contributed by atoms with van der Waals surface area (Å²) >= 11 is 5.70. The topological polar surface area (TPSA) is 57.9 Å². The van der Waals surface area contributed by atoms with Gasteiger partial charge < -0.3 is 18.6 Å². The first-order valence-corrected chi connectivity index (χ1v) is 9.25. The first-order valence-electron chi connectivity index (χ1n) is 8.87. The van der Waals surface area contributed by atoms with E-state index in [2.05, 4.69) is 4.74 Å².